The van der Waals surface area contributed by atoms with Gasteiger partial charge in [-0.1, -0.05) is 43.6 Å². The van der Waals surface area contributed by atoms with E-state index in [9.17, 15) is 4.79 Å². The zero-order valence-corrected chi connectivity index (χ0v) is 13.1. The molecule has 0 aliphatic heterocycles. The van der Waals surface area contributed by atoms with Crippen LogP contribution in [0.1, 0.15) is 27.2 Å². The average molecular weight is 303 g/mol. The molecular formula is C16H21N3O3. The number of hydrogen-bond donors (Lipinski definition) is 1. The molecule has 0 saturated carbocycles. The molecule has 6 heteroatoms. The summed E-state index contributed by atoms with van der Waals surface area (Å²) in [5.74, 6) is 0.192. The predicted octanol–water partition coefficient (Wildman–Crippen LogP) is 3.13. The van der Waals surface area contributed by atoms with Crippen LogP contribution >= 0.6 is 0 Å². The molecule has 0 bridgehead atoms. The van der Waals surface area contributed by atoms with E-state index >= 15 is 0 Å². The van der Waals surface area contributed by atoms with E-state index in [1.54, 1.807) is 6.92 Å². The van der Waals surface area contributed by atoms with Gasteiger partial charge in [0.25, 0.3) is 0 Å². The first-order chi connectivity index (χ1) is 10.7. The Labute approximate surface area is 129 Å². The van der Waals surface area contributed by atoms with Crippen molar-refractivity contribution >= 4 is 12.0 Å². The summed E-state index contributed by atoms with van der Waals surface area (Å²) in [4.78, 5) is 12.1. The Hall–Kier alpha value is -2.37. The van der Waals surface area contributed by atoms with Crippen LogP contribution in [0.2, 0.25) is 0 Å². The zero-order chi connectivity index (χ0) is 15.9. The average Bonchev–Trinajstić information content (AvgIpc) is 3.01. The third kappa shape index (κ3) is 3.84. The Morgan fingerprint density at radius 2 is 2.00 bits per heavy atom. The highest BCUT2D eigenvalue weighted by molar-refractivity contribution is 5.78. The summed E-state index contributed by atoms with van der Waals surface area (Å²) < 4.78 is 10.7. The Morgan fingerprint density at radius 1 is 1.27 bits per heavy atom. The lowest BCUT2D eigenvalue weighted by Gasteiger charge is -2.21. The summed E-state index contributed by atoms with van der Waals surface area (Å²) in [7, 11) is 0. The normalized spacial score (nSPS) is 13.4. The van der Waals surface area contributed by atoms with Gasteiger partial charge < -0.3 is 14.5 Å². The van der Waals surface area contributed by atoms with E-state index in [4.69, 9.17) is 9.15 Å². The Kier molecular flexibility index (Phi) is 5.52. The quantitative estimate of drug-likeness (QED) is 0.792. The first kappa shape index (κ1) is 16.0. The first-order valence-corrected chi connectivity index (χ1v) is 7.47. The lowest BCUT2D eigenvalue weighted by Crippen LogP contribution is -2.37. The van der Waals surface area contributed by atoms with Crippen LogP contribution in [-0.2, 0) is 9.53 Å². The Morgan fingerprint density at radius 3 is 2.64 bits per heavy atom. The third-order valence-electron chi connectivity index (χ3n) is 3.48. The first-order valence-electron chi connectivity index (χ1n) is 7.47. The van der Waals surface area contributed by atoms with Crippen molar-refractivity contribution in [3.63, 3.8) is 0 Å². The van der Waals surface area contributed by atoms with Crippen molar-refractivity contribution in [1.82, 2.24) is 10.2 Å². The van der Waals surface area contributed by atoms with Gasteiger partial charge >= 0.3 is 12.0 Å². The maximum Gasteiger partial charge on any atom is 0.328 e. The molecule has 0 aliphatic carbocycles. The molecule has 2 unspecified atom stereocenters. The van der Waals surface area contributed by atoms with Crippen LogP contribution in [0, 0.1) is 5.92 Å². The van der Waals surface area contributed by atoms with E-state index in [0.717, 1.165) is 12.0 Å². The van der Waals surface area contributed by atoms with Crippen molar-refractivity contribution in [2.75, 3.05) is 11.9 Å². The highest BCUT2D eigenvalue weighted by atomic mass is 16.5. The summed E-state index contributed by atoms with van der Waals surface area (Å²) in [6.07, 6.45) is 0.830. The van der Waals surface area contributed by atoms with Crippen LogP contribution < -0.4 is 5.32 Å². The molecule has 0 radical (unpaired) electrons. The number of nitrogens with one attached hydrogen (secondary N) is 1. The lowest BCUT2D eigenvalue weighted by molar-refractivity contribution is -0.145. The topological polar surface area (TPSA) is 77.2 Å². The van der Waals surface area contributed by atoms with Gasteiger partial charge in [0.2, 0.25) is 5.89 Å². The van der Waals surface area contributed by atoms with Crippen LogP contribution in [0.4, 0.5) is 6.01 Å². The lowest BCUT2D eigenvalue weighted by atomic mass is 9.99. The highest BCUT2D eigenvalue weighted by Crippen LogP contribution is 2.21. The summed E-state index contributed by atoms with van der Waals surface area (Å²) in [6.45, 7) is 6.11. The summed E-state index contributed by atoms with van der Waals surface area (Å²) in [5, 5.41) is 10.9. The number of aromatic nitrogens is 2. The monoisotopic (exact) mass is 303 g/mol. The van der Waals surface area contributed by atoms with Crippen LogP contribution in [0.25, 0.3) is 11.5 Å². The van der Waals surface area contributed by atoms with Crippen LogP contribution in [0.5, 0.6) is 0 Å². The number of ether oxygens (including phenoxy) is 1. The molecule has 0 saturated heterocycles. The van der Waals surface area contributed by atoms with Gasteiger partial charge in [0.1, 0.15) is 6.04 Å². The fraction of sp³-hybridized carbons (Fsp3) is 0.438. The highest BCUT2D eigenvalue weighted by Gasteiger charge is 2.27. The van der Waals surface area contributed by atoms with Crippen molar-refractivity contribution in [2.45, 2.75) is 33.2 Å². The fourth-order valence-electron chi connectivity index (χ4n) is 2.01. The number of esters is 1. The maximum atomic E-state index is 12.1. The van der Waals surface area contributed by atoms with Gasteiger partial charge in [0.05, 0.1) is 6.61 Å². The second-order valence-corrected chi connectivity index (χ2v) is 5.04. The molecule has 2 aromatic rings. The summed E-state index contributed by atoms with van der Waals surface area (Å²) in [5.41, 5.74) is 0.833. The Balaban J connectivity index is 2.13. The second kappa shape index (κ2) is 7.59. The molecule has 6 nitrogen and oxygen atoms in total. The summed E-state index contributed by atoms with van der Waals surface area (Å²) in [6, 6.07) is 9.19. The van der Waals surface area contributed by atoms with Crippen molar-refractivity contribution in [1.29, 1.82) is 0 Å². The van der Waals surface area contributed by atoms with Gasteiger partial charge in [-0.2, -0.15) is 0 Å². The van der Waals surface area contributed by atoms with Gasteiger partial charge in [-0.3, -0.25) is 0 Å². The Bertz CT molecular complexity index is 598. The van der Waals surface area contributed by atoms with E-state index in [1.807, 2.05) is 44.2 Å². The number of nitrogens with zero attached hydrogens (tertiary/aromatic N) is 2. The summed E-state index contributed by atoms with van der Waals surface area (Å²) >= 11 is 0. The van der Waals surface area contributed by atoms with Crippen LogP contribution in [-0.4, -0.2) is 28.8 Å². The molecule has 0 fully saturated rings. The number of benzene rings is 1. The molecule has 1 heterocycles. The van der Waals surface area contributed by atoms with Gasteiger partial charge in [0, 0.05) is 5.56 Å². The molecule has 22 heavy (non-hydrogen) atoms. The standard InChI is InChI=1S/C16H21N3O3/c1-4-11(3)13(15(20)21-5-2)17-16-19-18-14(22-16)12-9-7-6-8-10-12/h6-11,13H,4-5H2,1-3H3,(H,17,19). The van der Waals surface area contributed by atoms with Crippen LogP contribution in [0.3, 0.4) is 0 Å². The van der Waals surface area contributed by atoms with E-state index < -0.39 is 6.04 Å². The number of carbonyl (C=O) groups excluding carboxylic acids is 1. The van der Waals surface area contributed by atoms with E-state index in [0.29, 0.717) is 12.5 Å². The fourth-order valence-corrected chi connectivity index (χ4v) is 2.01. The number of anilines is 1. The molecule has 2 atom stereocenters. The van der Waals surface area contributed by atoms with Crippen molar-refractivity contribution in [3.8, 4) is 11.5 Å². The maximum absolute atomic E-state index is 12.1. The van der Waals surface area contributed by atoms with Gasteiger partial charge in [0.15, 0.2) is 0 Å². The van der Waals surface area contributed by atoms with Crippen LogP contribution in [0.15, 0.2) is 34.7 Å². The smallest absolute Gasteiger partial charge is 0.328 e. The minimum absolute atomic E-state index is 0.0890. The number of rotatable bonds is 7. The molecule has 2 rings (SSSR count). The van der Waals surface area contributed by atoms with Gasteiger partial charge in [-0.25, -0.2) is 4.79 Å². The predicted molar refractivity (Wildman–Crippen MR) is 83.2 cm³/mol. The molecule has 0 amide bonds. The van der Waals surface area contributed by atoms with E-state index in [2.05, 4.69) is 15.5 Å². The zero-order valence-electron chi connectivity index (χ0n) is 13.1. The molecule has 1 N–H and O–H groups in total. The molecular weight excluding hydrogens is 282 g/mol. The van der Waals surface area contributed by atoms with E-state index in [-0.39, 0.29) is 17.9 Å². The van der Waals surface area contributed by atoms with Crippen molar-refractivity contribution < 1.29 is 13.9 Å². The van der Waals surface area contributed by atoms with Crippen molar-refractivity contribution in [2.24, 2.45) is 5.92 Å². The number of hydrogen-bond acceptors (Lipinski definition) is 6. The molecule has 118 valence electrons. The SMILES string of the molecule is CCOC(=O)C(Nc1nnc(-c2ccccc2)o1)C(C)CC. The largest absolute Gasteiger partial charge is 0.464 e. The minimum atomic E-state index is -0.506. The van der Waals surface area contributed by atoms with Crippen molar-refractivity contribution in [3.05, 3.63) is 30.3 Å². The van der Waals surface area contributed by atoms with E-state index in [1.165, 1.54) is 0 Å². The molecule has 1 aromatic carbocycles. The van der Waals surface area contributed by atoms with Gasteiger partial charge in [-0.05, 0) is 25.0 Å². The molecule has 0 spiro atoms. The van der Waals surface area contributed by atoms with Gasteiger partial charge in [-0.15, -0.1) is 5.10 Å². The number of carbonyl (C=O) groups is 1. The minimum Gasteiger partial charge on any atom is -0.464 e. The third-order valence-corrected chi connectivity index (χ3v) is 3.48. The second-order valence-electron chi connectivity index (χ2n) is 5.04. The molecule has 1 aromatic heterocycles. The molecule has 0 aliphatic rings.